The molecule has 2 aliphatic rings. The Bertz CT molecular complexity index is 340. The molecule has 0 aliphatic carbocycles. The van der Waals surface area contributed by atoms with Crippen LogP contribution in [0, 0.1) is 5.92 Å². The molecule has 0 saturated carbocycles. The maximum Gasteiger partial charge on any atom is 0.248 e. The third-order valence-electron chi connectivity index (χ3n) is 4.18. The molecule has 2 rings (SSSR count). The Labute approximate surface area is 132 Å². The van der Waals surface area contributed by atoms with Crippen molar-refractivity contribution in [3.05, 3.63) is 0 Å². The first-order valence-electron chi connectivity index (χ1n) is 7.46. The quantitative estimate of drug-likeness (QED) is 0.781. The number of amides is 2. The number of ether oxygens (including phenoxy) is 1. The molecule has 1 unspecified atom stereocenters. The van der Waals surface area contributed by atoms with Crippen LogP contribution >= 0.6 is 12.4 Å². The Morgan fingerprint density at radius 3 is 2.29 bits per heavy atom. The van der Waals surface area contributed by atoms with Crippen molar-refractivity contribution in [2.45, 2.75) is 19.3 Å². The lowest BCUT2D eigenvalue weighted by molar-refractivity contribution is -0.141. The van der Waals surface area contributed by atoms with Gasteiger partial charge in [-0.25, -0.2) is 0 Å². The molecule has 122 valence electrons. The number of carbonyl (C=O) groups excluding carboxylic acids is 2. The van der Waals surface area contributed by atoms with Crippen molar-refractivity contribution < 1.29 is 14.3 Å². The van der Waals surface area contributed by atoms with E-state index in [2.05, 4.69) is 5.32 Å². The lowest BCUT2D eigenvalue weighted by Gasteiger charge is -2.34. The second-order valence-corrected chi connectivity index (χ2v) is 5.59. The fraction of sp³-hybridized carbons (Fsp3) is 0.857. The molecule has 2 amide bonds. The van der Waals surface area contributed by atoms with E-state index in [1.54, 1.807) is 4.90 Å². The number of nitrogens with zero attached hydrogens (tertiary/aromatic N) is 2. The smallest absolute Gasteiger partial charge is 0.248 e. The van der Waals surface area contributed by atoms with E-state index in [1.165, 1.54) is 13.5 Å². The molecule has 0 bridgehead atoms. The molecule has 0 aromatic rings. The minimum Gasteiger partial charge on any atom is -0.375 e. The zero-order valence-corrected chi connectivity index (χ0v) is 13.5. The number of piperazine rings is 1. The summed E-state index contributed by atoms with van der Waals surface area (Å²) in [4.78, 5) is 27.5. The maximum absolute atomic E-state index is 12.1. The lowest BCUT2D eigenvalue weighted by atomic mass is 10.0. The van der Waals surface area contributed by atoms with Crippen LogP contribution in [-0.2, 0) is 14.3 Å². The lowest BCUT2D eigenvalue weighted by Crippen LogP contribution is -2.51. The van der Waals surface area contributed by atoms with Crippen molar-refractivity contribution in [2.75, 3.05) is 53.0 Å². The van der Waals surface area contributed by atoms with Gasteiger partial charge in [0.15, 0.2) is 0 Å². The van der Waals surface area contributed by atoms with Crippen LogP contribution in [0.25, 0.3) is 0 Å². The summed E-state index contributed by atoms with van der Waals surface area (Å²) in [6.07, 6.45) is 2.81. The SMILES string of the molecule is COCC(=O)N1CCN(C(=O)CCC2CCNC2)CC1.Cl. The van der Waals surface area contributed by atoms with Crippen LogP contribution in [0.15, 0.2) is 0 Å². The second kappa shape index (κ2) is 9.23. The van der Waals surface area contributed by atoms with Gasteiger partial charge in [-0.3, -0.25) is 9.59 Å². The molecule has 1 N–H and O–H groups in total. The number of carbonyl (C=O) groups is 2. The molecular formula is C14H26ClN3O3. The highest BCUT2D eigenvalue weighted by atomic mass is 35.5. The maximum atomic E-state index is 12.1. The highest BCUT2D eigenvalue weighted by molar-refractivity contribution is 5.85. The van der Waals surface area contributed by atoms with Crippen molar-refractivity contribution in [3.8, 4) is 0 Å². The van der Waals surface area contributed by atoms with Crippen LogP contribution in [-0.4, -0.2) is 74.6 Å². The Morgan fingerprint density at radius 1 is 1.14 bits per heavy atom. The Balaban J connectivity index is 0.00000220. The van der Waals surface area contributed by atoms with Crippen molar-refractivity contribution >= 4 is 24.2 Å². The molecule has 2 saturated heterocycles. The summed E-state index contributed by atoms with van der Waals surface area (Å²) in [6.45, 7) is 4.81. The predicted molar refractivity (Wildman–Crippen MR) is 82.5 cm³/mol. The molecule has 7 heteroatoms. The molecule has 0 radical (unpaired) electrons. The van der Waals surface area contributed by atoms with Crippen molar-refractivity contribution in [2.24, 2.45) is 5.92 Å². The first-order chi connectivity index (χ1) is 9.70. The fourth-order valence-electron chi connectivity index (χ4n) is 2.87. The van der Waals surface area contributed by atoms with Crippen molar-refractivity contribution in [1.29, 1.82) is 0 Å². The normalized spacial score (nSPS) is 22.0. The molecule has 6 nitrogen and oxygen atoms in total. The van der Waals surface area contributed by atoms with Gasteiger partial charge < -0.3 is 19.9 Å². The van der Waals surface area contributed by atoms with Gasteiger partial charge in [0, 0.05) is 39.7 Å². The van der Waals surface area contributed by atoms with E-state index < -0.39 is 0 Å². The largest absolute Gasteiger partial charge is 0.375 e. The molecule has 21 heavy (non-hydrogen) atoms. The zero-order chi connectivity index (χ0) is 14.4. The van der Waals surface area contributed by atoms with Crippen LogP contribution in [0.2, 0.25) is 0 Å². The third-order valence-corrected chi connectivity index (χ3v) is 4.18. The fourth-order valence-corrected chi connectivity index (χ4v) is 2.87. The third kappa shape index (κ3) is 5.45. The molecule has 0 aromatic heterocycles. The summed E-state index contributed by atoms with van der Waals surface area (Å²) in [5, 5.41) is 3.32. The van der Waals surface area contributed by atoms with Gasteiger partial charge >= 0.3 is 0 Å². The Kier molecular flexibility index (Phi) is 8.00. The van der Waals surface area contributed by atoms with E-state index in [9.17, 15) is 9.59 Å². The summed E-state index contributed by atoms with van der Waals surface area (Å²) in [5.74, 6) is 0.899. The van der Waals surface area contributed by atoms with Crippen molar-refractivity contribution in [1.82, 2.24) is 15.1 Å². The molecule has 2 heterocycles. The highest BCUT2D eigenvalue weighted by Crippen LogP contribution is 2.15. The average Bonchev–Trinajstić information content (AvgIpc) is 2.98. The summed E-state index contributed by atoms with van der Waals surface area (Å²) in [6, 6.07) is 0. The number of hydrogen-bond donors (Lipinski definition) is 1. The number of rotatable bonds is 5. The van der Waals surface area contributed by atoms with Crippen LogP contribution in [0.4, 0.5) is 0 Å². The molecule has 1 atom stereocenters. The predicted octanol–water partition coefficient (Wildman–Crippen LogP) is 0.115. The van der Waals surface area contributed by atoms with Crippen LogP contribution < -0.4 is 5.32 Å². The van der Waals surface area contributed by atoms with Crippen LogP contribution in [0.1, 0.15) is 19.3 Å². The number of hydrogen-bond acceptors (Lipinski definition) is 4. The zero-order valence-electron chi connectivity index (χ0n) is 12.7. The van der Waals surface area contributed by atoms with Gasteiger partial charge in [0.25, 0.3) is 0 Å². The first-order valence-corrected chi connectivity index (χ1v) is 7.46. The Hall–Kier alpha value is -0.850. The van der Waals surface area contributed by atoms with Crippen LogP contribution in [0.5, 0.6) is 0 Å². The molecule has 0 spiro atoms. The van der Waals surface area contributed by atoms with E-state index >= 15 is 0 Å². The standard InChI is InChI=1S/C14H25N3O3.ClH/c1-20-11-14(19)17-8-6-16(7-9-17)13(18)3-2-12-4-5-15-10-12;/h12,15H,2-11H2,1H3;1H. The van der Waals surface area contributed by atoms with Gasteiger partial charge in [-0.15, -0.1) is 12.4 Å². The first kappa shape index (κ1) is 18.2. The van der Waals surface area contributed by atoms with Crippen molar-refractivity contribution in [3.63, 3.8) is 0 Å². The van der Waals surface area contributed by atoms with Gasteiger partial charge in [-0.1, -0.05) is 0 Å². The highest BCUT2D eigenvalue weighted by Gasteiger charge is 2.24. The molecule has 0 aromatic carbocycles. The summed E-state index contributed by atoms with van der Waals surface area (Å²) in [5.41, 5.74) is 0. The number of methoxy groups -OCH3 is 1. The summed E-state index contributed by atoms with van der Waals surface area (Å²) >= 11 is 0. The summed E-state index contributed by atoms with van der Waals surface area (Å²) < 4.78 is 4.85. The van der Waals surface area contributed by atoms with Gasteiger partial charge in [0.05, 0.1) is 0 Å². The van der Waals surface area contributed by atoms with Crippen LogP contribution in [0.3, 0.4) is 0 Å². The monoisotopic (exact) mass is 319 g/mol. The van der Waals surface area contributed by atoms with E-state index in [0.29, 0.717) is 38.5 Å². The molecule has 2 aliphatic heterocycles. The second-order valence-electron chi connectivity index (χ2n) is 5.59. The van der Waals surface area contributed by atoms with E-state index in [4.69, 9.17) is 4.74 Å². The number of nitrogens with one attached hydrogen (secondary N) is 1. The minimum atomic E-state index is 0. The average molecular weight is 320 g/mol. The number of halogens is 1. The van der Waals surface area contributed by atoms with E-state index in [-0.39, 0.29) is 30.8 Å². The van der Waals surface area contributed by atoms with Gasteiger partial charge in [0.1, 0.15) is 6.61 Å². The van der Waals surface area contributed by atoms with Gasteiger partial charge in [0.2, 0.25) is 11.8 Å². The molecular weight excluding hydrogens is 294 g/mol. The summed E-state index contributed by atoms with van der Waals surface area (Å²) in [7, 11) is 1.52. The topological polar surface area (TPSA) is 61.9 Å². The Morgan fingerprint density at radius 2 is 1.76 bits per heavy atom. The van der Waals surface area contributed by atoms with E-state index in [1.807, 2.05) is 4.90 Å². The van der Waals surface area contributed by atoms with Gasteiger partial charge in [-0.05, 0) is 31.8 Å². The van der Waals surface area contributed by atoms with E-state index in [0.717, 1.165) is 19.5 Å². The minimum absolute atomic E-state index is 0. The molecule has 2 fully saturated rings. The van der Waals surface area contributed by atoms with Gasteiger partial charge in [-0.2, -0.15) is 0 Å².